The molecule has 0 saturated carbocycles. The van der Waals surface area contributed by atoms with Crippen LogP contribution in [0.4, 0.5) is 0 Å². The quantitative estimate of drug-likeness (QED) is 0.752. The summed E-state index contributed by atoms with van der Waals surface area (Å²) >= 11 is 0. The Bertz CT molecular complexity index is 339. The van der Waals surface area contributed by atoms with Crippen molar-refractivity contribution in [1.29, 1.82) is 0 Å². The molecule has 1 saturated heterocycles. The summed E-state index contributed by atoms with van der Waals surface area (Å²) in [6.07, 6.45) is 8.26. The van der Waals surface area contributed by atoms with Gasteiger partial charge in [0.05, 0.1) is 0 Å². The van der Waals surface area contributed by atoms with Gasteiger partial charge in [0.15, 0.2) is 0 Å². The third kappa shape index (κ3) is 5.03. The molecule has 0 spiro atoms. The number of nitrogens with one attached hydrogen (secondary N) is 2. The average Bonchev–Trinajstić information content (AvgIpc) is 2.45. The first-order valence-corrected chi connectivity index (χ1v) is 7.08. The van der Waals surface area contributed by atoms with Crippen molar-refractivity contribution >= 4 is 6.08 Å². The minimum Gasteiger partial charge on any atom is -0.316 e. The Morgan fingerprint density at radius 1 is 1.28 bits per heavy atom. The van der Waals surface area contributed by atoms with E-state index in [0.717, 1.165) is 25.4 Å². The molecule has 2 rings (SSSR count). The Kier molecular flexibility index (Phi) is 5.97. The summed E-state index contributed by atoms with van der Waals surface area (Å²) in [5, 5.41) is 7.00. The summed E-state index contributed by atoms with van der Waals surface area (Å²) in [4.78, 5) is 0. The summed E-state index contributed by atoms with van der Waals surface area (Å²) < 4.78 is 0. The molecule has 1 aliphatic heterocycles. The predicted octanol–water partition coefficient (Wildman–Crippen LogP) is 2.68. The van der Waals surface area contributed by atoms with Crippen LogP contribution in [0.1, 0.15) is 24.8 Å². The van der Waals surface area contributed by atoms with Crippen LogP contribution in [0.15, 0.2) is 36.4 Å². The van der Waals surface area contributed by atoms with E-state index in [9.17, 15) is 0 Å². The lowest BCUT2D eigenvalue weighted by atomic mass is 10.00. The second-order valence-corrected chi connectivity index (χ2v) is 5.02. The molecule has 0 aliphatic carbocycles. The van der Waals surface area contributed by atoms with E-state index >= 15 is 0 Å². The van der Waals surface area contributed by atoms with Gasteiger partial charge in [-0.1, -0.05) is 42.5 Å². The normalized spacial score (nSPS) is 20.3. The third-order valence-electron chi connectivity index (χ3n) is 3.43. The van der Waals surface area contributed by atoms with Gasteiger partial charge in [-0.25, -0.2) is 0 Å². The molecule has 98 valence electrons. The van der Waals surface area contributed by atoms with Crippen molar-refractivity contribution < 1.29 is 0 Å². The maximum Gasteiger partial charge on any atom is -0.000825 e. The van der Waals surface area contributed by atoms with Crippen molar-refractivity contribution in [2.24, 2.45) is 5.92 Å². The zero-order valence-electron chi connectivity index (χ0n) is 11.1. The average molecular weight is 244 g/mol. The molecule has 2 heteroatoms. The first-order chi connectivity index (χ1) is 8.95. The number of benzene rings is 1. The van der Waals surface area contributed by atoms with Gasteiger partial charge >= 0.3 is 0 Å². The highest BCUT2D eigenvalue weighted by Crippen LogP contribution is 2.08. The molecular weight excluding hydrogens is 220 g/mol. The number of hydrogen-bond acceptors (Lipinski definition) is 2. The smallest absolute Gasteiger partial charge is 0.000825 e. The largest absolute Gasteiger partial charge is 0.316 e. The second-order valence-electron chi connectivity index (χ2n) is 5.02. The van der Waals surface area contributed by atoms with Crippen LogP contribution in [0.5, 0.6) is 0 Å². The fraction of sp³-hybridized carbons (Fsp3) is 0.500. The van der Waals surface area contributed by atoms with E-state index in [-0.39, 0.29) is 0 Å². The number of hydrogen-bond donors (Lipinski definition) is 2. The van der Waals surface area contributed by atoms with E-state index in [4.69, 9.17) is 0 Å². The molecule has 1 atom stereocenters. The van der Waals surface area contributed by atoms with Crippen molar-refractivity contribution in [1.82, 2.24) is 10.6 Å². The molecule has 18 heavy (non-hydrogen) atoms. The van der Waals surface area contributed by atoms with Crippen molar-refractivity contribution in [2.75, 3.05) is 26.2 Å². The van der Waals surface area contributed by atoms with Crippen LogP contribution < -0.4 is 10.6 Å². The molecule has 1 aromatic carbocycles. The van der Waals surface area contributed by atoms with Gasteiger partial charge in [-0.2, -0.15) is 0 Å². The van der Waals surface area contributed by atoms with Crippen molar-refractivity contribution in [3.8, 4) is 0 Å². The fourth-order valence-corrected chi connectivity index (χ4v) is 2.37. The molecule has 1 heterocycles. The molecule has 0 radical (unpaired) electrons. The van der Waals surface area contributed by atoms with Crippen LogP contribution in [0.3, 0.4) is 0 Å². The van der Waals surface area contributed by atoms with Crippen LogP contribution in [0.25, 0.3) is 6.08 Å². The minimum absolute atomic E-state index is 0.830. The zero-order chi connectivity index (χ0) is 12.5. The predicted molar refractivity (Wildman–Crippen MR) is 78.6 cm³/mol. The SMILES string of the molecule is C(=Cc1ccccc1)CCNCC1CCCNC1. The molecule has 0 bridgehead atoms. The first kappa shape index (κ1) is 13.3. The van der Waals surface area contributed by atoms with Gasteiger partial charge in [-0.3, -0.25) is 0 Å². The van der Waals surface area contributed by atoms with Gasteiger partial charge in [-0.15, -0.1) is 0 Å². The van der Waals surface area contributed by atoms with Gasteiger partial charge in [0.2, 0.25) is 0 Å². The van der Waals surface area contributed by atoms with Crippen LogP contribution in [0.2, 0.25) is 0 Å². The van der Waals surface area contributed by atoms with Crippen LogP contribution in [-0.2, 0) is 0 Å². The standard InChI is InChI=1S/C16H24N2/c1-2-7-15(8-3-1)9-4-5-11-17-13-16-10-6-12-18-14-16/h1-4,7-9,16-18H,5-6,10-14H2. The highest BCUT2D eigenvalue weighted by atomic mass is 14.9. The van der Waals surface area contributed by atoms with Crippen LogP contribution in [-0.4, -0.2) is 26.2 Å². The molecule has 2 nitrogen and oxygen atoms in total. The fourth-order valence-electron chi connectivity index (χ4n) is 2.37. The number of rotatable bonds is 6. The van der Waals surface area contributed by atoms with E-state index in [1.165, 1.54) is 31.5 Å². The maximum atomic E-state index is 3.55. The van der Waals surface area contributed by atoms with E-state index < -0.39 is 0 Å². The van der Waals surface area contributed by atoms with Gasteiger partial charge < -0.3 is 10.6 Å². The second kappa shape index (κ2) is 8.06. The lowest BCUT2D eigenvalue weighted by molar-refractivity contribution is 0.361. The Morgan fingerprint density at radius 3 is 2.94 bits per heavy atom. The number of piperidine rings is 1. The van der Waals surface area contributed by atoms with Gasteiger partial charge in [0, 0.05) is 0 Å². The third-order valence-corrected chi connectivity index (χ3v) is 3.43. The monoisotopic (exact) mass is 244 g/mol. The van der Waals surface area contributed by atoms with Gasteiger partial charge in [-0.05, 0) is 56.9 Å². The molecule has 0 amide bonds. The minimum atomic E-state index is 0.830. The summed E-state index contributed by atoms with van der Waals surface area (Å²) in [6.45, 7) is 4.63. The lowest BCUT2D eigenvalue weighted by Gasteiger charge is -2.22. The molecule has 1 aromatic rings. The molecule has 2 N–H and O–H groups in total. The van der Waals surface area contributed by atoms with E-state index in [1.807, 2.05) is 0 Å². The summed E-state index contributed by atoms with van der Waals surface area (Å²) in [5.41, 5.74) is 1.29. The summed E-state index contributed by atoms with van der Waals surface area (Å²) in [7, 11) is 0. The molecule has 0 aromatic heterocycles. The Labute approximate surface area is 110 Å². The maximum absolute atomic E-state index is 3.55. The van der Waals surface area contributed by atoms with Crippen molar-refractivity contribution in [3.05, 3.63) is 42.0 Å². The lowest BCUT2D eigenvalue weighted by Crippen LogP contribution is -2.36. The Hall–Kier alpha value is -1.12. The Morgan fingerprint density at radius 2 is 2.17 bits per heavy atom. The molecular formula is C16H24N2. The van der Waals surface area contributed by atoms with Gasteiger partial charge in [0.25, 0.3) is 0 Å². The molecule has 1 unspecified atom stereocenters. The zero-order valence-corrected chi connectivity index (χ0v) is 11.1. The summed E-state index contributed by atoms with van der Waals surface area (Å²) in [6, 6.07) is 10.5. The van der Waals surface area contributed by atoms with E-state index in [2.05, 4.69) is 53.1 Å². The van der Waals surface area contributed by atoms with Crippen molar-refractivity contribution in [3.63, 3.8) is 0 Å². The van der Waals surface area contributed by atoms with Crippen molar-refractivity contribution in [2.45, 2.75) is 19.3 Å². The van der Waals surface area contributed by atoms with Gasteiger partial charge in [0.1, 0.15) is 0 Å². The molecule has 1 fully saturated rings. The highest BCUT2D eigenvalue weighted by molar-refractivity contribution is 5.48. The van der Waals surface area contributed by atoms with Crippen LogP contribution in [0, 0.1) is 5.92 Å². The first-order valence-electron chi connectivity index (χ1n) is 7.08. The van der Waals surface area contributed by atoms with E-state index in [1.54, 1.807) is 0 Å². The highest BCUT2D eigenvalue weighted by Gasteiger charge is 2.11. The van der Waals surface area contributed by atoms with E-state index in [0.29, 0.717) is 0 Å². The molecule has 1 aliphatic rings. The van der Waals surface area contributed by atoms with Crippen LogP contribution >= 0.6 is 0 Å². The summed E-state index contributed by atoms with van der Waals surface area (Å²) in [5.74, 6) is 0.830. The topological polar surface area (TPSA) is 24.1 Å². The Balaban J connectivity index is 1.54.